The number of thioether (sulfide) groups is 2. The minimum atomic E-state index is 0.493. The topological polar surface area (TPSA) is 75.6 Å². The van der Waals surface area contributed by atoms with E-state index >= 15 is 0 Å². The second-order valence-corrected chi connectivity index (χ2v) is 11.4. The van der Waals surface area contributed by atoms with Crippen LogP contribution >= 0.6 is 69.4 Å². The van der Waals surface area contributed by atoms with E-state index in [1.54, 1.807) is 23.5 Å². The van der Waals surface area contributed by atoms with E-state index in [1.165, 1.54) is 33.8 Å². The fraction of sp³-hybridized carbons (Fsp3) is 0.158. The summed E-state index contributed by atoms with van der Waals surface area (Å²) in [4.78, 5) is 0. The third-order valence-electron chi connectivity index (χ3n) is 3.84. The van der Waals surface area contributed by atoms with Crippen molar-refractivity contribution in [3.8, 4) is 0 Å². The van der Waals surface area contributed by atoms with Gasteiger partial charge in [0.05, 0.1) is 6.67 Å². The molecule has 4 aromatic rings. The molecule has 6 nitrogen and oxygen atoms in total. The first-order valence-electron chi connectivity index (χ1n) is 9.03. The molecule has 0 amide bonds. The molecule has 0 aliphatic heterocycles. The molecule has 0 radical (unpaired) electrons. The number of anilines is 2. The van der Waals surface area contributed by atoms with Crippen molar-refractivity contribution in [2.24, 2.45) is 0 Å². The van der Waals surface area contributed by atoms with E-state index in [2.05, 4.69) is 31.0 Å². The van der Waals surface area contributed by atoms with Gasteiger partial charge in [0.1, 0.15) is 0 Å². The zero-order valence-electron chi connectivity index (χ0n) is 15.9. The lowest BCUT2D eigenvalue weighted by atomic mass is 10.2. The van der Waals surface area contributed by atoms with Crippen LogP contribution in [0.1, 0.15) is 11.1 Å². The standard InChI is InChI=1S/C19H16Cl2N6S4/c20-14-5-1-12(2-6-14)9-28-18-26-24-16(30-18)22-11-23-17-25-27-19(31-17)29-10-13-3-7-15(21)8-4-13/h1-8H,9-11H2,(H,22,24)(H,23,25). The average molecular weight is 528 g/mol. The van der Waals surface area contributed by atoms with Crippen molar-refractivity contribution >= 4 is 79.7 Å². The summed E-state index contributed by atoms with van der Waals surface area (Å²) >= 11 is 18.2. The van der Waals surface area contributed by atoms with Crippen LogP contribution in [0, 0.1) is 0 Å². The van der Waals surface area contributed by atoms with Crippen molar-refractivity contribution < 1.29 is 0 Å². The summed E-state index contributed by atoms with van der Waals surface area (Å²) in [5.74, 6) is 1.65. The number of nitrogens with zero attached hydrogens (tertiary/aromatic N) is 4. The number of hydrogen-bond acceptors (Lipinski definition) is 10. The predicted molar refractivity (Wildman–Crippen MR) is 134 cm³/mol. The van der Waals surface area contributed by atoms with Crippen molar-refractivity contribution in [2.75, 3.05) is 17.3 Å². The third kappa shape index (κ3) is 7.23. The lowest BCUT2D eigenvalue weighted by Crippen LogP contribution is -2.11. The number of hydrogen-bond donors (Lipinski definition) is 2. The Balaban J connectivity index is 1.18. The van der Waals surface area contributed by atoms with Crippen LogP contribution in [0.2, 0.25) is 10.0 Å². The van der Waals surface area contributed by atoms with E-state index in [4.69, 9.17) is 23.2 Å². The van der Waals surface area contributed by atoms with Gasteiger partial charge in [-0.05, 0) is 35.4 Å². The molecule has 12 heteroatoms. The van der Waals surface area contributed by atoms with Gasteiger partial charge in [-0.25, -0.2) is 0 Å². The summed E-state index contributed by atoms with van der Waals surface area (Å²) in [6.07, 6.45) is 0. The molecular formula is C19H16Cl2N6S4. The normalized spacial score (nSPS) is 10.9. The van der Waals surface area contributed by atoms with Crippen LogP contribution in [-0.2, 0) is 11.5 Å². The van der Waals surface area contributed by atoms with Crippen LogP contribution in [0.4, 0.5) is 10.3 Å². The smallest absolute Gasteiger partial charge is 0.207 e. The van der Waals surface area contributed by atoms with Gasteiger partial charge in [0, 0.05) is 21.6 Å². The molecule has 0 saturated heterocycles. The summed E-state index contributed by atoms with van der Waals surface area (Å²) in [5.41, 5.74) is 2.39. The van der Waals surface area contributed by atoms with Gasteiger partial charge in [0.25, 0.3) is 0 Å². The first kappa shape index (κ1) is 22.6. The second-order valence-electron chi connectivity index (χ2n) is 6.11. The maximum absolute atomic E-state index is 5.92. The van der Waals surface area contributed by atoms with Gasteiger partial charge in [-0.3, -0.25) is 0 Å². The Hall–Kier alpha value is -1.56. The molecule has 31 heavy (non-hydrogen) atoms. The molecule has 0 saturated carbocycles. The second kappa shape index (κ2) is 11.3. The molecule has 0 spiro atoms. The van der Waals surface area contributed by atoms with Crippen molar-refractivity contribution in [3.05, 3.63) is 69.7 Å². The van der Waals surface area contributed by atoms with E-state index < -0.39 is 0 Å². The minimum absolute atomic E-state index is 0.493. The van der Waals surface area contributed by atoms with E-state index in [0.717, 1.165) is 40.5 Å². The lowest BCUT2D eigenvalue weighted by Gasteiger charge is -2.01. The van der Waals surface area contributed by atoms with E-state index in [9.17, 15) is 0 Å². The zero-order valence-corrected chi connectivity index (χ0v) is 20.7. The third-order valence-corrected chi connectivity index (χ3v) is 8.52. The van der Waals surface area contributed by atoms with Gasteiger partial charge in [-0.1, -0.05) is 93.7 Å². The number of benzene rings is 2. The van der Waals surface area contributed by atoms with Crippen molar-refractivity contribution in [2.45, 2.75) is 20.2 Å². The molecule has 4 rings (SSSR count). The molecule has 2 aromatic carbocycles. The first-order valence-corrected chi connectivity index (χ1v) is 13.4. The number of aromatic nitrogens is 4. The maximum atomic E-state index is 5.92. The molecule has 2 aromatic heterocycles. The number of rotatable bonds is 10. The maximum Gasteiger partial charge on any atom is 0.207 e. The van der Waals surface area contributed by atoms with Gasteiger partial charge in [0.2, 0.25) is 10.3 Å². The highest BCUT2D eigenvalue weighted by molar-refractivity contribution is 8.00. The van der Waals surface area contributed by atoms with Crippen molar-refractivity contribution in [1.29, 1.82) is 0 Å². The van der Waals surface area contributed by atoms with E-state index in [0.29, 0.717) is 6.67 Å². The Morgan fingerprint density at radius 2 is 1.06 bits per heavy atom. The van der Waals surface area contributed by atoms with Crippen molar-refractivity contribution in [1.82, 2.24) is 20.4 Å². The summed E-state index contributed by atoms with van der Waals surface area (Å²) in [6.45, 7) is 0.493. The molecule has 0 aliphatic carbocycles. The molecule has 2 heterocycles. The summed E-state index contributed by atoms with van der Waals surface area (Å²) in [5, 5.41) is 26.2. The SMILES string of the molecule is Clc1ccc(CSc2nnc(NCNc3nnc(SCc4ccc(Cl)cc4)s3)s2)cc1. The van der Waals surface area contributed by atoms with Gasteiger partial charge >= 0.3 is 0 Å². The Morgan fingerprint density at radius 3 is 1.48 bits per heavy atom. The Labute approximate surface area is 206 Å². The zero-order chi connectivity index (χ0) is 21.5. The molecule has 0 unspecified atom stereocenters. The minimum Gasteiger partial charge on any atom is -0.343 e. The predicted octanol–water partition coefficient (Wildman–Crippen LogP) is 6.76. The molecule has 0 bridgehead atoms. The number of halogens is 2. The average Bonchev–Trinajstić information content (AvgIpc) is 3.43. The Kier molecular flexibility index (Phi) is 8.28. The van der Waals surface area contributed by atoms with E-state index in [1.807, 2.05) is 48.5 Å². The highest BCUT2D eigenvalue weighted by Gasteiger charge is 2.07. The van der Waals surface area contributed by atoms with Crippen LogP contribution in [0.25, 0.3) is 0 Å². The fourth-order valence-corrected chi connectivity index (χ4v) is 5.98. The van der Waals surface area contributed by atoms with Gasteiger partial charge in [0.15, 0.2) is 8.68 Å². The number of nitrogens with one attached hydrogen (secondary N) is 2. The largest absolute Gasteiger partial charge is 0.343 e. The lowest BCUT2D eigenvalue weighted by molar-refractivity contribution is 0.990. The molecule has 0 fully saturated rings. The summed E-state index contributed by atoms with van der Waals surface area (Å²) < 4.78 is 1.82. The van der Waals surface area contributed by atoms with Gasteiger partial charge in [-0.15, -0.1) is 20.4 Å². The summed E-state index contributed by atoms with van der Waals surface area (Å²) in [7, 11) is 0. The van der Waals surface area contributed by atoms with Crippen molar-refractivity contribution in [3.63, 3.8) is 0 Å². The van der Waals surface area contributed by atoms with E-state index in [-0.39, 0.29) is 0 Å². The quantitative estimate of drug-likeness (QED) is 0.173. The van der Waals surface area contributed by atoms with Crippen LogP contribution in [0.3, 0.4) is 0 Å². The van der Waals surface area contributed by atoms with Crippen LogP contribution in [0.15, 0.2) is 57.2 Å². The first-order chi connectivity index (χ1) is 15.1. The molecule has 2 N–H and O–H groups in total. The Morgan fingerprint density at radius 1 is 0.645 bits per heavy atom. The highest BCUT2D eigenvalue weighted by Crippen LogP contribution is 2.30. The van der Waals surface area contributed by atoms with Crippen LogP contribution < -0.4 is 10.6 Å². The highest BCUT2D eigenvalue weighted by atomic mass is 35.5. The molecule has 0 atom stereocenters. The Bertz CT molecular complexity index is 1010. The monoisotopic (exact) mass is 526 g/mol. The molecule has 160 valence electrons. The fourth-order valence-electron chi connectivity index (χ4n) is 2.33. The van der Waals surface area contributed by atoms with Gasteiger partial charge in [-0.2, -0.15) is 0 Å². The summed E-state index contributed by atoms with van der Waals surface area (Å²) in [6, 6.07) is 15.6. The van der Waals surface area contributed by atoms with Gasteiger partial charge < -0.3 is 10.6 Å². The molecular weight excluding hydrogens is 511 g/mol. The molecule has 0 aliphatic rings. The van der Waals surface area contributed by atoms with Crippen LogP contribution in [0.5, 0.6) is 0 Å². The van der Waals surface area contributed by atoms with Crippen LogP contribution in [-0.4, -0.2) is 27.1 Å².